The van der Waals surface area contributed by atoms with Gasteiger partial charge in [-0.05, 0) is 89.3 Å². The van der Waals surface area contributed by atoms with Crippen molar-refractivity contribution in [2.24, 2.45) is 0 Å². The molecule has 0 aliphatic carbocycles. The molecule has 138 valence electrons. The highest BCUT2D eigenvalue weighted by Crippen LogP contribution is 2.27. The summed E-state index contributed by atoms with van der Waals surface area (Å²) in [4.78, 5) is 5.38. The van der Waals surface area contributed by atoms with E-state index in [1.807, 2.05) is 6.92 Å². The number of hydrogen-bond donors (Lipinski definition) is 0. The predicted octanol–water partition coefficient (Wildman–Crippen LogP) is 4.09. The summed E-state index contributed by atoms with van der Waals surface area (Å²) in [5.74, 6) is 6.34. The molecule has 3 heteroatoms. The zero-order chi connectivity index (χ0) is 17.9. The molecule has 0 amide bonds. The zero-order valence-corrected chi connectivity index (χ0v) is 16.3. The Morgan fingerprint density at radius 1 is 1.08 bits per heavy atom. The predicted molar refractivity (Wildman–Crippen MR) is 109 cm³/mol. The van der Waals surface area contributed by atoms with Gasteiger partial charge in [-0.15, -0.1) is 0 Å². The van der Waals surface area contributed by atoms with E-state index in [-0.39, 0.29) is 0 Å². The van der Waals surface area contributed by atoms with Gasteiger partial charge in [-0.2, -0.15) is 0 Å². The molecule has 2 aromatic rings. The lowest BCUT2D eigenvalue weighted by molar-refractivity contribution is 0.123. The van der Waals surface area contributed by atoms with Crippen LogP contribution in [0.3, 0.4) is 0 Å². The summed E-state index contributed by atoms with van der Waals surface area (Å²) in [5.41, 5.74) is 3.92. The van der Waals surface area contributed by atoms with Crippen LogP contribution in [0.1, 0.15) is 50.8 Å². The first-order valence-corrected chi connectivity index (χ1v) is 10.3. The Labute approximate surface area is 158 Å². The number of hydrogen-bond acceptors (Lipinski definition) is 2. The van der Waals surface area contributed by atoms with Crippen LogP contribution in [0.15, 0.2) is 24.3 Å². The maximum absolute atomic E-state index is 3.28. The lowest BCUT2D eigenvalue weighted by Crippen LogP contribution is -2.43. The minimum atomic E-state index is 0.831. The van der Waals surface area contributed by atoms with E-state index in [1.165, 1.54) is 68.3 Å². The molecule has 2 fully saturated rings. The molecule has 0 spiro atoms. The van der Waals surface area contributed by atoms with Gasteiger partial charge in [-0.3, -0.25) is 4.90 Å². The number of nitrogens with zero attached hydrogens (tertiary/aromatic N) is 3. The summed E-state index contributed by atoms with van der Waals surface area (Å²) in [7, 11) is 0. The highest BCUT2D eigenvalue weighted by Gasteiger charge is 2.26. The Kier molecular flexibility index (Phi) is 5.33. The van der Waals surface area contributed by atoms with E-state index in [9.17, 15) is 0 Å². The molecule has 0 unspecified atom stereocenters. The monoisotopic (exact) mass is 349 g/mol. The number of aromatic nitrogens is 1. The van der Waals surface area contributed by atoms with Crippen molar-refractivity contribution < 1.29 is 0 Å². The lowest BCUT2D eigenvalue weighted by atomic mass is 10.0. The van der Waals surface area contributed by atoms with E-state index in [0.717, 1.165) is 24.8 Å². The third kappa shape index (κ3) is 3.41. The van der Waals surface area contributed by atoms with Crippen molar-refractivity contribution in [1.82, 2.24) is 14.4 Å². The van der Waals surface area contributed by atoms with E-state index >= 15 is 0 Å². The Hall–Kier alpha value is -1.76. The first-order chi connectivity index (χ1) is 12.8. The minimum Gasteiger partial charge on any atom is -0.334 e. The van der Waals surface area contributed by atoms with Crippen LogP contribution in [0.25, 0.3) is 10.9 Å². The average Bonchev–Trinajstić information content (AvgIpc) is 3.31. The number of benzene rings is 1. The standard InChI is InChI=1S/C23H31N3/c1-3-8-21-17-22-19(9-7-10-23(22)26(21)4-2)18-24-15-11-20(12-16-24)25-13-5-6-14-25/h7,9-10,17,20H,4-6,11-16,18H2,1-2H3. The number of rotatable bonds is 4. The van der Waals surface area contributed by atoms with Gasteiger partial charge in [-0.25, -0.2) is 0 Å². The van der Waals surface area contributed by atoms with Crippen LogP contribution in [0, 0.1) is 11.8 Å². The number of likely N-dealkylation sites (tertiary alicyclic amines) is 2. The first kappa shape index (κ1) is 17.6. The molecule has 1 aromatic carbocycles. The molecule has 1 aromatic heterocycles. The third-order valence-corrected chi connectivity index (χ3v) is 6.21. The topological polar surface area (TPSA) is 11.4 Å². The van der Waals surface area contributed by atoms with Crippen LogP contribution in [0.4, 0.5) is 0 Å². The normalized spacial score (nSPS) is 19.8. The quantitative estimate of drug-likeness (QED) is 0.770. The van der Waals surface area contributed by atoms with Gasteiger partial charge in [0.1, 0.15) is 0 Å². The summed E-state index contributed by atoms with van der Waals surface area (Å²) in [6.45, 7) is 11.3. The summed E-state index contributed by atoms with van der Waals surface area (Å²) in [6.07, 6.45) is 5.47. The largest absolute Gasteiger partial charge is 0.334 e. The van der Waals surface area contributed by atoms with E-state index in [1.54, 1.807) is 0 Å². The van der Waals surface area contributed by atoms with Crippen LogP contribution in [-0.4, -0.2) is 46.6 Å². The van der Waals surface area contributed by atoms with Crippen LogP contribution in [-0.2, 0) is 13.1 Å². The molecule has 2 aliphatic rings. The van der Waals surface area contributed by atoms with E-state index in [0.29, 0.717) is 0 Å². The highest BCUT2D eigenvalue weighted by molar-refractivity contribution is 5.85. The van der Waals surface area contributed by atoms with Crippen molar-refractivity contribution in [3.8, 4) is 11.8 Å². The fourth-order valence-electron chi connectivity index (χ4n) is 4.85. The zero-order valence-electron chi connectivity index (χ0n) is 16.3. The molecule has 3 heterocycles. The minimum absolute atomic E-state index is 0.831. The fourth-order valence-corrected chi connectivity index (χ4v) is 4.85. The summed E-state index contributed by atoms with van der Waals surface area (Å²) >= 11 is 0. The molecule has 0 bridgehead atoms. The molecule has 2 aliphatic heterocycles. The molecular weight excluding hydrogens is 318 g/mol. The van der Waals surface area contributed by atoms with Crippen LogP contribution in [0.5, 0.6) is 0 Å². The molecule has 0 saturated carbocycles. The molecule has 26 heavy (non-hydrogen) atoms. The van der Waals surface area contributed by atoms with Gasteiger partial charge >= 0.3 is 0 Å². The molecule has 3 nitrogen and oxygen atoms in total. The fraction of sp³-hybridized carbons (Fsp3) is 0.565. The Balaban J connectivity index is 1.50. The van der Waals surface area contributed by atoms with E-state index < -0.39 is 0 Å². The van der Waals surface area contributed by atoms with Gasteiger partial charge < -0.3 is 9.47 Å². The second-order valence-electron chi connectivity index (χ2n) is 7.75. The van der Waals surface area contributed by atoms with Gasteiger partial charge in [0.2, 0.25) is 0 Å². The van der Waals surface area contributed by atoms with Gasteiger partial charge in [0.15, 0.2) is 0 Å². The second kappa shape index (κ2) is 7.86. The highest BCUT2D eigenvalue weighted by atomic mass is 15.2. The molecule has 4 rings (SSSR count). The molecule has 0 radical (unpaired) electrons. The molecular formula is C23H31N3. The van der Waals surface area contributed by atoms with E-state index in [2.05, 4.69) is 57.4 Å². The summed E-state index contributed by atoms with van der Waals surface area (Å²) in [5, 5.41) is 1.38. The van der Waals surface area contributed by atoms with Crippen LogP contribution < -0.4 is 0 Å². The third-order valence-electron chi connectivity index (χ3n) is 6.21. The molecule has 0 atom stereocenters. The SMILES string of the molecule is CC#Cc1cc2c(CN3CCC(N4CCCC4)CC3)cccc2n1CC. The van der Waals surface area contributed by atoms with E-state index in [4.69, 9.17) is 0 Å². The second-order valence-corrected chi connectivity index (χ2v) is 7.75. The Morgan fingerprint density at radius 2 is 1.85 bits per heavy atom. The van der Waals surface area contributed by atoms with Gasteiger partial charge in [0.25, 0.3) is 0 Å². The van der Waals surface area contributed by atoms with Gasteiger partial charge in [0.05, 0.1) is 5.69 Å². The average molecular weight is 350 g/mol. The van der Waals surface area contributed by atoms with Crippen molar-refractivity contribution in [2.45, 2.75) is 58.7 Å². The summed E-state index contributed by atoms with van der Waals surface area (Å²) in [6, 6.07) is 9.88. The molecule has 0 N–H and O–H groups in total. The molecule has 2 saturated heterocycles. The number of fused-ring (bicyclic) bond motifs is 1. The van der Waals surface area contributed by atoms with Gasteiger partial charge in [0, 0.05) is 30.0 Å². The van der Waals surface area contributed by atoms with Crippen molar-refractivity contribution in [2.75, 3.05) is 26.2 Å². The van der Waals surface area contributed by atoms with Crippen molar-refractivity contribution in [3.05, 3.63) is 35.5 Å². The van der Waals surface area contributed by atoms with Crippen LogP contribution >= 0.6 is 0 Å². The van der Waals surface area contributed by atoms with Crippen molar-refractivity contribution >= 4 is 10.9 Å². The number of aryl methyl sites for hydroxylation is 1. The maximum Gasteiger partial charge on any atom is 0.0930 e. The first-order valence-electron chi connectivity index (χ1n) is 10.3. The Morgan fingerprint density at radius 3 is 2.54 bits per heavy atom. The van der Waals surface area contributed by atoms with Crippen molar-refractivity contribution in [3.63, 3.8) is 0 Å². The smallest absolute Gasteiger partial charge is 0.0930 e. The number of piperidine rings is 1. The van der Waals surface area contributed by atoms with Crippen LogP contribution in [0.2, 0.25) is 0 Å². The maximum atomic E-state index is 3.28. The summed E-state index contributed by atoms with van der Waals surface area (Å²) < 4.78 is 2.34. The lowest BCUT2D eigenvalue weighted by Gasteiger charge is -2.36. The van der Waals surface area contributed by atoms with Gasteiger partial charge in [-0.1, -0.05) is 18.1 Å². The van der Waals surface area contributed by atoms with Crippen molar-refractivity contribution in [1.29, 1.82) is 0 Å². The Bertz CT molecular complexity index is 809.